The van der Waals surface area contributed by atoms with Gasteiger partial charge in [0.2, 0.25) is 0 Å². The van der Waals surface area contributed by atoms with Gasteiger partial charge < -0.3 is 14.5 Å². The topological polar surface area (TPSA) is 63.3 Å². The van der Waals surface area contributed by atoms with Crippen molar-refractivity contribution < 1.29 is 13.9 Å². The van der Waals surface area contributed by atoms with Crippen molar-refractivity contribution in [2.45, 2.75) is 39.2 Å². The van der Waals surface area contributed by atoms with Crippen LogP contribution in [0.1, 0.15) is 37.2 Å². The SMILES string of the molecule is CCc1nc2ccc3c(c2nc1CC)OC(CN1CC=C(c2c[nH]c4ccc(F)cc24)CC1)CO3. The minimum atomic E-state index is -0.208. The molecule has 180 valence electrons. The largest absolute Gasteiger partial charge is 0.486 e. The number of H-pyrrole nitrogens is 1. The second-order valence-electron chi connectivity index (χ2n) is 9.27. The number of nitrogens with one attached hydrogen (secondary N) is 1. The van der Waals surface area contributed by atoms with Gasteiger partial charge in [0.05, 0.1) is 16.9 Å². The maximum absolute atomic E-state index is 13.8. The van der Waals surface area contributed by atoms with Crippen LogP contribution in [-0.2, 0) is 12.8 Å². The molecule has 2 aliphatic heterocycles. The molecular weight excluding hydrogens is 443 g/mol. The predicted octanol–water partition coefficient (Wildman–Crippen LogP) is 5.30. The van der Waals surface area contributed by atoms with Gasteiger partial charge in [0.25, 0.3) is 0 Å². The van der Waals surface area contributed by atoms with Gasteiger partial charge in [-0.25, -0.2) is 14.4 Å². The van der Waals surface area contributed by atoms with Crippen LogP contribution in [0.3, 0.4) is 0 Å². The molecular formula is C28H29FN4O2. The summed E-state index contributed by atoms with van der Waals surface area (Å²) in [6, 6.07) is 8.80. The van der Waals surface area contributed by atoms with E-state index in [1.807, 2.05) is 18.3 Å². The Morgan fingerprint density at radius 2 is 1.97 bits per heavy atom. The molecule has 0 saturated carbocycles. The number of aryl methyl sites for hydroxylation is 2. The van der Waals surface area contributed by atoms with Crippen LogP contribution in [0.25, 0.3) is 27.5 Å². The zero-order valence-electron chi connectivity index (χ0n) is 20.1. The van der Waals surface area contributed by atoms with Crippen LogP contribution >= 0.6 is 0 Å². The highest BCUT2D eigenvalue weighted by molar-refractivity contribution is 5.92. The molecule has 6 rings (SSSR count). The lowest BCUT2D eigenvalue weighted by Crippen LogP contribution is -2.42. The fourth-order valence-electron chi connectivity index (χ4n) is 5.19. The van der Waals surface area contributed by atoms with E-state index < -0.39 is 0 Å². The number of benzene rings is 2. The molecule has 0 amide bonds. The number of nitrogens with zero attached hydrogens (tertiary/aromatic N) is 3. The van der Waals surface area contributed by atoms with E-state index in [2.05, 4.69) is 29.8 Å². The van der Waals surface area contributed by atoms with Gasteiger partial charge >= 0.3 is 0 Å². The number of ether oxygens (including phenoxy) is 2. The Kier molecular flexibility index (Phi) is 5.65. The van der Waals surface area contributed by atoms with E-state index in [0.29, 0.717) is 12.4 Å². The van der Waals surface area contributed by atoms with E-state index in [0.717, 1.165) is 83.5 Å². The standard InChI is InChI=1S/C28H29FN4O2/c1-3-22-23(4-2)32-27-25(31-22)7-8-26-28(27)35-19(16-34-26)15-33-11-9-17(10-12-33)21-14-30-24-6-5-18(29)13-20(21)24/h5-9,13-14,19,30H,3-4,10-12,15-16H2,1-2H3. The van der Waals surface area contributed by atoms with Crippen LogP contribution in [-0.4, -0.2) is 52.2 Å². The van der Waals surface area contributed by atoms with Crippen LogP contribution in [0.5, 0.6) is 11.5 Å². The summed E-state index contributed by atoms with van der Waals surface area (Å²) in [5, 5.41) is 0.941. The first-order valence-corrected chi connectivity index (χ1v) is 12.4. The van der Waals surface area contributed by atoms with Crippen molar-refractivity contribution in [1.82, 2.24) is 19.9 Å². The molecule has 1 atom stereocenters. The van der Waals surface area contributed by atoms with E-state index in [4.69, 9.17) is 19.4 Å². The molecule has 0 fully saturated rings. The van der Waals surface area contributed by atoms with Crippen molar-refractivity contribution in [3.05, 3.63) is 65.4 Å². The van der Waals surface area contributed by atoms with E-state index in [1.54, 1.807) is 12.1 Å². The van der Waals surface area contributed by atoms with Crippen LogP contribution < -0.4 is 9.47 Å². The van der Waals surface area contributed by atoms with Gasteiger partial charge in [0.1, 0.15) is 24.0 Å². The van der Waals surface area contributed by atoms with Crippen LogP contribution in [0.4, 0.5) is 4.39 Å². The molecule has 1 N–H and O–H groups in total. The number of rotatable bonds is 5. The Balaban J connectivity index is 1.19. The monoisotopic (exact) mass is 472 g/mol. The number of aromatic nitrogens is 3. The summed E-state index contributed by atoms with van der Waals surface area (Å²) in [6.07, 6.45) is 6.76. The van der Waals surface area contributed by atoms with Crippen molar-refractivity contribution in [2.24, 2.45) is 0 Å². The Morgan fingerprint density at radius 1 is 1.11 bits per heavy atom. The summed E-state index contributed by atoms with van der Waals surface area (Å²) < 4.78 is 26.3. The number of fused-ring (bicyclic) bond motifs is 4. The molecule has 2 aromatic heterocycles. The summed E-state index contributed by atoms with van der Waals surface area (Å²) in [7, 11) is 0. The van der Waals surface area contributed by atoms with Crippen molar-refractivity contribution in [3.63, 3.8) is 0 Å². The summed E-state index contributed by atoms with van der Waals surface area (Å²) in [5.41, 5.74) is 7.00. The first-order valence-electron chi connectivity index (χ1n) is 12.4. The van der Waals surface area contributed by atoms with Gasteiger partial charge in [-0.1, -0.05) is 19.9 Å². The van der Waals surface area contributed by atoms with E-state index >= 15 is 0 Å². The Labute approximate surface area is 203 Å². The molecule has 0 bridgehead atoms. The summed E-state index contributed by atoms with van der Waals surface area (Å²) in [5.74, 6) is 1.24. The highest BCUT2D eigenvalue weighted by Gasteiger charge is 2.27. The van der Waals surface area contributed by atoms with Gasteiger partial charge in [-0.2, -0.15) is 0 Å². The molecule has 0 radical (unpaired) electrons. The average molecular weight is 473 g/mol. The smallest absolute Gasteiger partial charge is 0.189 e. The van der Waals surface area contributed by atoms with Gasteiger partial charge in [-0.05, 0) is 55.2 Å². The molecule has 0 saturated heterocycles. The van der Waals surface area contributed by atoms with Crippen LogP contribution in [0, 0.1) is 5.82 Å². The third-order valence-corrected chi connectivity index (χ3v) is 7.03. The lowest BCUT2D eigenvalue weighted by molar-refractivity contribution is 0.0630. The lowest BCUT2D eigenvalue weighted by atomic mass is 9.98. The normalized spacial score (nSPS) is 18.3. The number of hydrogen-bond acceptors (Lipinski definition) is 5. The summed E-state index contributed by atoms with van der Waals surface area (Å²) in [4.78, 5) is 15.4. The number of halogens is 1. The third-order valence-electron chi connectivity index (χ3n) is 7.03. The molecule has 2 aliphatic rings. The molecule has 0 spiro atoms. The fraction of sp³-hybridized carbons (Fsp3) is 0.357. The number of aromatic amines is 1. The Morgan fingerprint density at radius 3 is 2.77 bits per heavy atom. The van der Waals surface area contributed by atoms with Gasteiger partial charge in [0.15, 0.2) is 11.5 Å². The maximum Gasteiger partial charge on any atom is 0.189 e. The van der Waals surface area contributed by atoms with Crippen LogP contribution in [0.2, 0.25) is 0 Å². The minimum Gasteiger partial charge on any atom is -0.486 e. The van der Waals surface area contributed by atoms with E-state index in [-0.39, 0.29) is 11.9 Å². The molecule has 35 heavy (non-hydrogen) atoms. The van der Waals surface area contributed by atoms with Crippen LogP contribution in [0.15, 0.2) is 42.6 Å². The quantitative estimate of drug-likeness (QED) is 0.427. The van der Waals surface area contributed by atoms with Gasteiger partial charge in [-0.3, -0.25) is 4.90 Å². The second kappa shape index (κ2) is 8.96. The maximum atomic E-state index is 13.8. The van der Waals surface area contributed by atoms with Crippen molar-refractivity contribution in [2.75, 3.05) is 26.2 Å². The predicted molar refractivity (Wildman–Crippen MR) is 135 cm³/mol. The molecule has 4 heterocycles. The van der Waals surface area contributed by atoms with E-state index in [1.165, 1.54) is 11.6 Å². The average Bonchev–Trinajstić information content (AvgIpc) is 3.31. The minimum absolute atomic E-state index is 0.0806. The molecule has 4 aromatic rings. The lowest BCUT2D eigenvalue weighted by Gasteiger charge is -2.33. The first-order chi connectivity index (χ1) is 17.1. The highest BCUT2D eigenvalue weighted by atomic mass is 19.1. The zero-order chi connectivity index (χ0) is 23.9. The van der Waals surface area contributed by atoms with Crippen molar-refractivity contribution in [3.8, 4) is 11.5 Å². The second-order valence-corrected chi connectivity index (χ2v) is 9.27. The van der Waals surface area contributed by atoms with Gasteiger partial charge in [0, 0.05) is 42.3 Å². The van der Waals surface area contributed by atoms with Crippen molar-refractivity contribution in [1.29, 1.82) is 0 Å². The first kappa shape index (κ1) is 22.0. The molecule has 2 aromatic carbocycles. The third kappa shape index (κ3) is 4.04. The fourth-order valence-corrected chi connectivity index (χ4v) is 5.19. The molecule has 6 nitrogen and oxygen atoms in total. The number of hydrogen-bond donors (Lipinski definition) is 1. The Hall–Kier alpha value is -3.45. The Bertz CT molecular complexity index is 1440. The van der Waals surface area contributed by atoms with Crippen molar-refractivity contribution >= 4 is 27.5 Å². The van der Waals surface area contributed by atoms with Gasteiger partial charge in [-0.15, -0.1) is 0 Å². The molecule has 0 aliphatic carbocycles. The summed E-state index contributed by atoms with van der Waals surface area (Å²) in [6.45, 7) is 7.22. The molecule has 7 heteroatoms. The van der Waals surface area contributed by atoms with E-state index in [9.17, 15) is 4.39 Å². The molecule has 1 unspecified atom stereocenters. The summed E-state index contributed by atoms with van der Waals surface area (Å²) >= 11 is 0. The zero-order valence-corrected chi connectivity index (χ0v) is 20.1. The highest BCUT2D eigenvalue weighted by Crippen LogP contribution is 2.38.